The van der Waals surface area contributed by atoms with Gasteiger partial charge >= 0.3 is 0 Å². The molecular weight excluding hydrogens is 296 g/mol. The van der Waals surface area contributed by atoms with E-state index >= 15 is 0 Å². The van der Waals surface area contributed by atoms with Crippen molar-refractivity contribution in [1.29, 1.82) is 0 Å². The van der Waals surface area contributed by atoms with Crippen molar-refractivity contribution < 1.29 is 4.74 Å². The van der Waals surface area contributed by atoms with E-state index in [1.54, 1.807) is 24.8 Å². The molecule has 0 spiro atoms. The molecule has 0 bridgehead atoms. The summed E-state index contributed by atoms with van der Waals surface area (Å²) in [7, 11) is 1.67. The van der Waals surface area contributed by atoms with Gasteiger partial charge in [-0.05, 0) is 24.6 Å². The quantitative estimate of drug-likeness (QED) is 0.757. The summed E-state index contributed by atoms with van der Waals surface area (Å²) in [6, 6.07) is 8.16. The second kappa shape index (κ2) is 6.29. The molecule has 1 aromatic carbocycles. The second-order valence-corrected chi connectivity index (χ2v) is 5.92. The first-order valence-electron chi connectivity index (χ1n) is 7.06. The highest BCUT2D eigenvalue weighted by Crippen LogP contribution is 2.37. The summed E-state index contributed by atoms with van der Waals surface area (Å²) in [5.41, 5.74) is 7.94. The molecule has 0 saturated carbocycles. The third-order valence-electron chi connectivity index (χ3n) is 3.51. The van der Waals surface area contributed by atoms with Crippen LogP contribution >= 0.6 is 11.3 Å². The first-order valence-corrected chi connectivity index (χ1v) is 7.94. The number of anilines is 1. The highest BCUT2D eigenvalue weighted by Gasteiger charge is 2.14. The highest BCUT2D eigenvalue weighted by atomic mass is 32.1. The molecule has 0 amide bonds. The van der Waals surface area contributed by atoms with E-state index in [-0.39, 0.29) is 6.04 Å². The summed E-state index contributed by atoms with van der Waals surface area (Å²) in [4.78, 5) is 9.72. The van der Waals surface area contributed by atoms with E-state index in [4.69, 9.17) is 10.5 Å². The number of nitrogens with two attached hydrogens (primary N) is 1. The van der Waals surface area contributed by atoms with Gasteiger partial charge in [-0.25, -0.2) is 9.97 Å². The molecule has 2 heterocycles. The van der Waals surface area contributed by atoms with Crippen LogP contribution in [0.5, 0.6) is 5.75 Å². The van der Waals surface area contributed by atoms with Crippen molar-refractivity contribution in [2.24, 2.45) is 5.73 Å². The minimum absolute atomic E-state index is 0.154. The fourth-order valence-electron chi connectivity index (χ4n) is 2.26. The topological polar surface area (TPSA) is 73.1 Å². The number of rotatable bonds is 5. The first kappa shape index (κ1) is 14.7. The molecule has 3 aromatic rings. The van der Waals surface area contributed by atoms with E-state index < -0.39 is 0 Å². The van der Waals surface area contributed by atoms with E-state index in [2.05, 4.69) is 20.7 Å². The van der Waals surface area contributed by atoms with Gasteiger partial charge in [0.05, 0.1) is 12.5 Å². The molecular formula is C16H18N4OS. The number of fused-ring (bicyclic) bond motifs is 1. The summed E-state index contributed by atoms with van der Waals surface area (Å²) in [5.74, 6) is 1.67. The Morgan fingerprint density at radius 2 is 2.05 bits per heavy atom. The maximum atomic E-state index is 5.70. The molecule has 0 aliphatic heterocycles. The van der Waals surface area contributed by atoms with Crippen LogP contribution < -0.4 is 15.8 Å². The summed E-state index contributed by atoms with van der Waals surface area (Å²) in [6.45, 7) is 2.58. The third-order valence-corrected chi connectivity index (χ3v) is 4.39. The number of benzene rings is 1. The van der Waals surface area contributed by atoms with Crippen LogP contribution in [0.25, 0.3) is 21.3 Å². The lowest BCUT2D eigenvalue weighted by Crippen LogP contribution is -2.25. The third kappa shape index (κ3) is 2.75. The molecule has 3 rings (SSSR count). The number of methoxy groups -OCH3 is 1. The zero-order chi connectivity index (χ0) is 15.5. The molecule has 114 valence electrons. The minimum Gasteiger partial charge on any atom is -0.497 e. The Kier molecular flexibility index (Phi) is 4.22. The van der Waals surface area contributed by atoms with Crippen molar-refractivity contribution in [3.63, 3.8) is 0 Å². The number of aromatic nitrogens is 2. The SMILES string of the molecule is COc1ccc(-c2csc3ncnc(N[C@H](C)CN)c23)cc1. The maximum Gasteiger partial charge on any atom is 0.139 e. The van der Waals surface area contributed by atoms with E-state index in [1.165, 1.54) is 0 Å². The molecule has 22 heavy (non-hydrogen) atoms. The number of thiophene rings is 1. The second-order valence-electron chi connectivity index (χ2n) is 5.06. The number of nitrogens with one attached hydrogen (secondary N) is 1. The predicted octanol–water partition coefficient (Wildman–Crippen LogP) is 3.13. The maximum absolute atomic E-state index is 5.70. The lowest BCUT2D eigenvalue weighted by molar-refractivity contribution is 0.415. The van der Waals surface area contributed by atoms with Crippen molar-refractivity contribution >= 4 is 27.4 Å². The zero-order valence-electron chi connectivity index (χ0n) is 12.5. The van der Waals surface area contributed by atoms with Gasteiger partial charge < -0.3 is 15.8 Å². The average Bonchev–Trinajstić information content (AvgIpc) is 3.00. The molecule has 3 N–H and O–H groups in total. The summed E-state index contributed by atoms with van der Waals surface area (Å²) < 4.78 is 5.22. The monoisotopic (exact) mass is 314 g/mol. The zero-order valence-corrected chi connectivity index (χ0v) is 13.4. The summed E-state index contributed by atoms with van der Waals surface area (Å²) >= 11 is 1.61. The summed E-state index contributed by atoms with van der Waals surface area (Å²) in [6.07, 6.45) is 1.59. The lowest BCUT2D eigenvalue weighted by Gasteiger charge is -2.13. The standard InChI is InChI=1S/C16H18N4OS/c1-10(7-17)20-15-14-13(8-22-16(14)19-9-18-15)11-3-5-12(21-2)6-4-11/h3-6,8-10H,7,17H2,1-2H3,(H,18,19,20)/t10-/m1/s1. The first-order chi connectivity index (χ1) is 10.7. The van der Waals surface area contributed by atoms with Gasteiger partial charge in [-0.3, -0.25) is 0 Å². The minimum atomic E-state index is 0.154. The van der Waals surface area contributed by atoms with Gasteiger partial charge in [-0.1, -0.05) is 12.1 Å². The Hall–Kier alpha value is -2.18. The predicted molar refractivity (Wildman–Crippen MR) is 91.5 cm³/mol. The van der Waals surface area contributed by atoms with E-state index in [0.717, 1.165) is 32.9 Å². The highest BCUT2D eigenvalue weighted by molar-refractivity contribution is 7.17. The number of nitrogens with zero attached hydrogens (tertiary/aromatic N) is 2. The molecule has 0 aliphatic rings. The Morgan fingerprint density at radius 3 is 2.73 bits per heavy atom. The van der Waals surface area contributed by atoms with Gasteiger partial charge in [0.25, 0.3) is 0 Å². The largest absolute Gasteiger partial charge is 0.497 e. The van der Waals surface area contributed by atoms with Crippen LogP contribution in [-0.4, -0.2) is 29.7 Å². The molecule has 0 unspecified atom stereocenters. The van der Waals surface area contributed by atoms with Crippen LogP contribution in [0.4, 0.5) is 5.82 Å². The van der Waals surface area contributed by atoms with E-state index in [0.29, 0.717) is 6.54 Å². The van der Waals surface area contributed by atoms with Crippen LogP contribution in [0.1, 0.15) is 6.92 Å². The molecule has 0 aliphatic carbocycles. The molecule has 1 atom stereocenters. The van der Waals surface area contributed by atoms with Gasteiger partial charge in [-0.15, -0.1) is 11.3 Å². The van der Waals surface area contributed by atoms with Crippen LogP contribution in [0, 0.1) is 0 Å². The van der Waals surface area contributed by atoms with Crippen molar-refractivity contribution in [3.8, 4) is 16.9 Å². The Balaban J connectivity index is 2.09. The summed E-state index contributed by atoms with van der Waals surface area (Å²) in [5, 5.41) is 6.51. The van der Waals surface area contributed by atoms with Gasteiger partial charge in [-0.2, -0.15) is 0 Å². The van der Waals surface area contributed by atoms with Crippen LogP contribution in [0.2, 0.25) is 0 Å². The van der Waals surface area contributed by atoms with Crippen molar-refractivity contribution in [1.82, 2.24) is 9.97 Å². The van der Waals surface area contributed by atoms with Crippen LogP contribution in [0.15, 0.2) is 36.0 Å². The smallest absolute Gasteiger partial charge is 0.139 e. The Bertz CT molecular complexity index is 769. The molecule has 5 nitrogen and oxygen atoms in total. The van der Waals surface area contributed by atoms with Crippen LogP contribution in [0.3, 0.4) is 0 Å². The number of hydrogen-bond donors (Lipinski definition) is 2. The average molecular weight is 314 g/mol. The van der Waals surface area contributed by atoms with E-state index in [9.17, 15) is 0 Å². The van der Waals surface area contributed by atoms with Gasteiger partial charge in [0.2, 0.25) is 0 Å². The molecule has 6 heteroatoms. The Morgan fingerprint density at radius 1 is 1.27 bits per heavy atom. The van der Waals surface area contributed by atoms with Crippen molar-refractivity contribution in [2.75, 3.05) is 19.0 Å². The molecule has 0 saturated heterocycles. The number of ether oxygens (including phenoxy) is 1. The van der Waals surface area contributed by atoms with E-state index in [1.807, 2.05) is 31.2 Å². The number of hydrogen-bond acceptors (Lipinski definition) is 6. The van der Waals surface area contributed by atoms with Gasteiger partial charge in [0.15, 0.2) is 0 Å². The normalized spacial score (nSPS) is 12.3. The molecule has 2 aromatic heterocycles. The van der Waals surface area contributed by atoms with Gasteiger partial charge in [0, 0.05) is 23.5 Å². The van der Waals surface area contributed by atoms with Crippen molar-refractivity contribution in [3.05, 3.63) is 36.0 Å². The fraction of sp³-hybridized carbons (Fsp3) is 0.250. The lowest BCUT2D eigenvalue weighted by atomic mass is 10.1. The fourth-order valence-corrected chi connectivity index (χ4v) is 3.18. The van der Waals surface area contributed by atoms with Crippen molar-refractivity contribution in [2.45, 2.75) is 13.0 Å². The van der Waals surface area contributed by atoms with Crippen LogP contribution in [-0.2, 0) is 0 Å². The molecule has 0 radical (unpaired) electrons. The molecule has 0 fully saturated rings. The van der Waals surface area contributed by atoms with Gasteiger partial charge in [0.1, 0.15) is 22.7 Å². The Labute approximate surface area is 133 Å².